The van der Waals surface area contributed by atoms with Crippen LogP contribution in [-0.4, -0.2) is 31.2 Å². The fourth-order valence-electron chi connectivity index (χ4n) is 1.87. The predicted molar refractivity (Wildman–Crippen MR) is 76.2 cm³/mol. The molecule has 1 heterocycles. The number of carbonyl (C=O) groups is 1. The molecule has 0 amide bonds. The fourth-order valence-corrected chi connectivity index (χ4v) is 2.83. The zero-order chi connectivity index (χ0) is 15.1. The molecule has 0 fully saturated rings. The van der Waals surface area contributed by atoms with Crippen LogP contribution in [0.2, 0.25) is 0 Å². The average Bonchev–Trinajstić information content (AvgIpc) is 2.91. The molecule has 0 bridgehead atoms. The minimum atomic E-state index is -0.481. The Morgan fingerprint density at radius 2 is 1.57 bits per heavy atom. The molecule has 0 aliphatic rings. The van der Waals surface area contributed by atoms with Gasteiger partial charge in [-0.2, -0.15) is 0 Å². The second-order valence-electron chi connectivity index (χ2n) is 4.33. The van der Waals surface area contributed by atoms with E-state index in [0.29, 0.717) is 4.70 Å². The highest BCUT2D eigenvalue weighted by Crippen LogP contribution is 2.36. The van der Waals surface area contributed by atoms with Crippen molar-refractivity contribution in [3.8, 4) is 23.0 Å². The zero-order valence-electron chi connectivity index (χ0n) is 10.4. The lowest BCUT2D eigenvalue weighted by molar-refractivity contribution is 0.103. The molecule has 0 saturated heterocycles. The summed E-state index contributed by atoms with van der Waals surface area (Å²) in [5.74, 6) is -1.43. The van der Waals surface area contributed by atoms with Gasteiger partial charge in [0.05, 0.1) is 0 Å². The van der Waals surface area contributed by atoms with Crippen molar-refractivity contribution < 1.29 is 25.2 Å². The van der Waals surface area contributed by atoms with Crippen LogP contribution in [-0.2, 0) is 0 Å². The van der Waals surface area contributed by atoms with Crippen molar-refractivity contribution in [1.82, 2.24) is 4.98 Å². The monoisotopic (exact) mass is 303 g/mol. The van der Waals surface area contributed by atoms with Gasteiger partial charge in [0, 0.05) is 5.56 Å². The van der Waals surface area contributed by atoms with E-state index in [0.717, 1.165) is 17.4 Å². The first kappa shape index (κ1) is 13.2. The highest BCUT2D eigenvalue weighted by molar-refractivity contribution is 7.20. The first-order valence-corrected chi connectivity index (χ1v) is 6.67. The highest BCUT2D eigenvalue weighted by atomic mass is 32.1. The molecule has 7 heteroatoms. The Morgan fingerprint density at radius 1 is 0.905 bits per heavy atom. The number of phenolic OH excluding ortho intramolecular Hbond substituents is 4. The number of phenols is 4. The van der Waals surface area contributed by atoms with Gasteiger partial charge in [0.25, 0.3) is 0 Å². The molecule has 2 aromatic carbocycles. The molecule has 0 unspecified atom stereocenters. The van der Waals surface area contributed by atoms with E-state index in [1.54, 1.807) is 0 Å². The summed E-state index contributed by atoms with van der Waals surface area (Å²) < 4.78 is 0.307. The van der Waals surface area contributed by atoms with Gasteiger partial charge in [0.2, 0.25) is 5.78 Å². The minimum Gasteiger partial charge on any atom is -0.506 e. The average molecular weight is 303 g/mol. The van der Waals surface area contributed by atoms with Gasteiger partial charge in [0.1, 0.15) is 21.7 Å². The largest absolute Gasteiger partial charge is 0.506 e. The summed E-state index contributed by atoms with van der Waals surface area (Å²) in [4.78, 5) is 16.3. The highest BCUT2D eigenvalue weighted by Gasteiger charge is 2.19. The Bertz CT molecular complexity index is 832. The molecule has 1 aromatic heterocycles. The molecule has 6 nitrogen and oxygen atoms in total. The Labute approximate surface area is 122 Å². The van der Waals surface area contributed by atoms with Crippen LogP contribution < -0.4 is 0 Å². The SMILES string of the molecule is O=C(c1ccc(O)c(O)c1)c1nc2c(O)ccc(O)c2s1. The van der Waals surface area contributed by atoms with E-state index >= 15 is 0 Å². The van der Waals surface area contributed by atoms with Crippen molar-refractivity contribution in [2.24, 2.45) is 0 Å². The van der Waals surface area contributed by atoms with Crippen molar-refractivity contribution in [2.45, 2.75) is 0 Å². The molecule has 106 valence electrons. The first-order chi connectivity index (χ1) is 9.97. The number of ketones is 1. The zero-order valence-corrected chi connectivity index (χ0v) is 11.3. The number of hydrogen-bond donors (Lipinski definition) is 4. The van der Waals surface area contributed by atoms with Crippen LogP contribution in [0.15, 0.2) is 30.3 Å². The number of aromatic nitrogens is 1. The van der Waals surface area contributed by atoms with Crippen molar-refractivity contribution in [3.05, 3.63) is 40.9 Å². The van der Waals surface area contributed by atoms with Crippen molar-refractivity contribution >= 4 is 27.3 Å². The number of rotatable bonds is 2. The molecule has 21 heavy (non-hydrogen) atoms. The number of benzene rings is 2. The standard InChI is InChI=1S/C14H9NO5S/c16-7-2-1-6(5-10(7)19)12(20)14-15-11-8(17)3-4-9(18)13(11)21-14/h1-5,16-19H. The van der Waals surface area contributed by atoms with Gasteiger partial charge in [-0.1, -0.05) is 0 Å². The summed E-state index contributed by atoms with van der Waals surface area (Å²) >= 11 is 0.936. The molecule has 3 rings (SSSR count). The molecular weight excluding hydrogens is 294 g/mol. The number of hydrogen-bond acceptors (Lipinski definition) is 7. The smallest absolute Gasteiger partial charge is 0.221 e. The quantitative estimate of drug-likeness (QED) is 0.328. The number of nitrogens with zero attached hydrogens (tertiary/aromatic N) is 1. The van der Waals surface area contributed by atoms with Crippen LogP contribution >= 0.6 is 11.3 Å². The van der Waals surface area contributed by atoms with Gasteiger partial charge < -0.3 is 20.4 Å². The van der Waals surface area contributed by atoms with Crippen molar-refractivity contribution in [1.29, 1.82) is 0 Å². The third-order valence-electron chi connectivity index (χ3n) is 2.93. The summed E-state index contributed by atoms with van der Waals surface area (Å²) in [5.41, 5.74) is 0.287. The molecule has 0 aliphatic heterocycles. The van der Waals surface area contributed by atoms with Crippen molar-refractivity contribution in [3.63, 3.8) is 0 Å². The molecule has 4 N–H and O–H groups in total. The van der Waals surface area contributed by atoms with Gasteiger partial charge in [-0.15, -0.1) is 11.3 Å². The minimum absolute atomic E-state index is 0.0619. The Morgan fingerprint density at radius 3 is 2.24 bits per heavy atom. The number of carbonyl (C=O) groups excluding carboxylic acids is 1. The van der Waals surface area contributed by atoms with Gasteiger partial charge in [-0.25, -0.2) is 4.98 Å². The van der Waals surface area contributed by atoms with Gasteiger partial charge in [-0.3, -0.25) is 4.79 Å². The lowest BCUT2D eigenvalue weighted by atomic mass is 10.1. The number of thiazole rings is 1. The van der Waals surface area contributed by atoms with Crippen LogP contribution in [0.5, 0.6) is 23.0 Å². The summed E-state index contributed by atoms with van der Waals surface area (Å²) in [6.07, 6.45) is 0. The van der Waals surface area contributed by atoms with E-state index in [4.69, 9.17) is 0 Å². The van der Waals surface area contributed by atoms with Gasteiger partial charge in [0.15, 0.2) is 16.5 Å². The van der Waals surface area contributed by atoms with Crippen molar-refractivity contribution in [2.75, 3.05) is 0 Å². The molecule has 0 radical (unpaired) electrons. The summed E-state index contributed by atoms with van der Waals surface area (Å²) in [6.45, 7) is 0. The lowest BCUT2D eigenvalue weighted by Gasteiger charge is -2.00. The van der Waals surface area contributed by atoms with E-state index in [1.807, 2.05) is 0 Å². The van der Waals surface area contributed by atoms with Crippen LogP contribution in [0, 0.1) is 0 Å². The first-order valence-electron chi connectivity index (χ1n) is 5.85. The molecule has 0 atom stereocenters. The second kappa shape index (κ2) is 4.64. The maximum absolute atomic E-state index is 12.3. The third kappa shape index (κ3) is 2.13. The Balaban J connectivity index is 2.11. The normalized spacial score (nSPS) is 10.9. The van der Waals surface area contributed by atoms with Crippen LogP contribution in [0.3, 0.4) is 0 Å². The molecule has 0 spiro atoms. The van der Waals surface area contributed by atoms with Crippen LogP contribution in [0.4, 0.5) is 0 Å². The topological polar surface area (TPSA) is 111 Å². The van der Waals surface area contributed by atoms with Crippen LogP contribution in [0.25, 0.3) is 10.2 Å². The van der Waals surface area contributed by atoms with E-state index in [9.17, 15) is 25.2 Å². The van der Waals surface area contributed by atoms with Crippen LogP contribution in [0.1, 0.15) is 15.4 Å². The maximum atomic E-state index is 12.3. The maximum Gasteiger partial charge on any atom is 0.221 e. The van der Waals surface area contributed by atoms with E-state index < -0.39 is 11.5 Å². The lowest BCUT2D eigenvalue weighted by Crippen LogP contribution is -1.99. The summed E-state index contributed by atoms with van der Waals surface area (Å²) in [7, 11) is 0. The predicted octanol–water partition coefficient (Wildman–Crippen LogP) is 2.35. The van der Waals surface area contributed by atoms with Gasteiger partial charge >= 0.3 is 0 Å². The number of fused-ring (bicyclic) bond motifs is 1. The second-order valence-corrected chi connectivity index (χ2v) is 5.33. The number of aromatic hydroxyl groups is 4. The Kier molecular flexibility index (Phi) is 2.91. The molecule has 0 saturated carbocycles. The summed E-state index contributed by atoms with van der Waals surface area (Å²) in [6, 6.07) is 6.28. The fraction of sp³-hybridized carbons (Fsp3) is 0. The van der Waals surface area contributed by atoms with E-state index in [2.05, 4.69) is 4.98 Å². The van der Waals surface area contributed by atoms with E-state index in [1.165, 1.54) is 24.3 Å². The molecule has 0 aliphatic carbocycles. The molecular formula is C14H9NO5S. The summed E-state index contributed by atoms with van der Waals surface area (Å²) in [5, 5.41) is 38.1. The van der Waals surface area contributed by atoms with E-state index in [-0.39, 0.29) is 33.3 Å². The molecule has 3 aromatic rings. The van der Waals surface area contributed by atoms with Gasteiger partial charge in [-0.05, 0) is 30.3 Å². The third-order valence-corrected chi connectivity index (χ3v) is 4.01. The Hall–Kier alpha value is -2.80.